The Balaban J connectivity index is 2.95. The first-order valence-electron chi connectivity index (χ1n) is 5.31. The lowest BCUT2D eigenvalue weighted by Gasteiger charge is -2.21. The summed E-state index contributed by atoms with van der Waals surface area (Å²) in [6.07, 6.45) is 0. The molecule has 0 amide bonds. The zero-order valence-electron chi connectivity index (χ0n) is 10.3. The second-order valence-electron chi connectivity index (χ2n) is 4.78. The van der Waals surface area contributed by atoms with Crippen LogP contribution >= 0.6 is 0 Å². The third-order valence-electron chi connectivity index (χ3n) is 2.31. The minimum absolute atomic E-state index is 0.113. The predicted octanol–water partition coefficient (Wildman–Crippen LogP) is 2.49. The summed E-state index contributed by atoms with van der Waals surface area (Å²) in [7, 11) is -0.104. The van der Waals surface area contributed by atoms with E-state index in [1.165, 1.54) is 6.07 Å². The van der Waals surface area contributed by atoms with Gasteiger partial charge in [-0.1, -0.05) is 31.8 Å². The van der Waals surface area contributed by atoms with Crippen LogP contribution in [0.2, 0.25) is 19.6 Å². The average molecular weight is 242 g/mol. The lowest BCUT2D eigenvalue weighted by Crippen LogP contribution is -2.42. The molecule has 0 bridgehead atoms. The maximum absolute atomic E-state index is 13.8. The summed E-state index contributed by atoms with van der Waals surface area (Å²) in [6.45, 7) is 7.04. The highest BCUT2D eigenvalue weighted by Crippen LogP contribution is 2.11. The summed E-state index contributed by atoms with van der Waals surface area (Å²) < 4.78 is 23.9. The van der Waals surface area contributed by atoms with Gasteiger partial charge < -0.3 is 9.47 Å². The van der Waals surface area contributed by atoms with Crippen molar-refractivity contribution in [2.45, 2.75) is 26.2 Å². The molecule has 16 heavy (non-hydrogen) atoms. The van der Waals surface area contributed by atoms with Crippen molar-refractivity contribution in [2.75, 3.05) is 13.9 Å². The largest absolute Gasteiger partial charge is 0.359 e. The van der Waals surface area contributed by atoms with E-state index in [9.17, 15) is 4.39 Å². The van der Waals surface area contributed by atoms with Crippen LogP contribution in [-0.2, 0) is 16.1 Å². The fourth-order valence-corrected chi connectivity index (χ4v) is 3.68. The summed E-state index contributed by atoms with van der Waals surface area (Å²) in [5.41, 5.74) is 0.941. The van der Waals surface area contributed by atoms with E-state index in [1.807, 2.05) is 6.07 Å². The zero-order chi connectivity index (χ0) is 12.2. The molecular weight excluding hydrogens is 223 g/mol. The number of benzene rings is 1. The monoisotopic (exact) mass is 242 g/mol. The first kappa shape index (κ1) is 13.4. The molecule has 0 fully saturated rings. The third kappa shape index (κ3) is 3.40. The molecular formula is C12H19FO2Si. The van der Waals surface area contributed by atoms with Crippen molar-refractivity contribution in [3.63, 3.8) is 0 Å². The van der Waals surface area contributed by atoms with E-state index in [0.29, 0.717) is 6.61 Å². The third-order valence-corrected chi connectivity index (χ3v) is 4.37. The number of rotatable bonds is 5. The highest BCUT2D eigenvalue weighted by atomic mass is 28.3. The summed E-state index contributed by atoms with van der Waals surface area (Å²) in [5.74, 6) is -0.113. The molecule has 0 aliphatic carbocycles. The van der Waals surface area contributed by atoms with Crippen molar-refractivity contribution >= 4 is 13.3 Å². The molecule has 0 heterocycles. The van der Waals surface area contributed by atoms with E-state index in [-0.39, 0.29) is 12.6 Å². The maximum Gasteiger partial charge on any atom is 0.146 e. The van der Waals surface area contributed by atoms with Crippen molar-refractivity contribution in [1.82, 2.24) is 0 Å². The van der Waals surface area contributed by atoms with Gasteiger partial charge in [-0.15, -0.1) is 0 Å². The molecule has 0 aliphatic rings. The minimum Gasteiger partial charge on any atom is -0.359 e. The molecule has 0 unspecified atom stereocenters. The molecule has 0 aromatic heterocycles. The topological polar surface area (TPSA) is 18.5 Å². The lowest BCUT2D eigenvalue weighted by molar-refractivity contribution is -0.0388. The van der Waals surface area contributed by atoms with Crippen LogP contribution in [0.25, 0.3) is 0 Å². The fraction of sp³-hybridized carbons (Fsp3) is 0.500. The van der Waals surface area contributed by atoms with Crippen LogP contribution in [-0.4, -0.2) is 22.0 Å². The van der Waals surface area contributed by atoms with Crippen LogP contribution in [0.4, 0.5) is 4.39 Å². The van der Waals surface area contributed by atoms with Gasteiger partial charge in [-0.3, -0.25) is 0 Å². The Hall–Kier alpha value is -0.713. The normalized spacial score (nSPS) is 11.8. The number of hydrogen-bond acceptors (Lipinski definition) is 2. The van der Waals surface area contributed by atoms with E-state index in [0.717, 1.165) is 10.8 Å². The van der Waals surface area contributed by atoms with E-state index < -0.39 is 8.07 Å². The molecule has 0 saturated heterocycles. The zero-order valence-corrected chi connectivity index (χ0v) is 11.3. The van der Waals surface area contributed by atoms with Crippen molar-refractivity contribution in [2.24, 2.45) is 0 Å². The molecule has 2 nitrogen and oxygen atoms in total. The van der Waals surface area contributed by atoms with Gasteiger partial charge in [0.1, 0.15) is 12.6 Å². The first-order chi connectivity index (χ1) is 7.46. The van der Waals surface area contributed by atoms with Crippen LogP contribution < -0.4 is 5.19 Å². The van der Waals surface area contributed by atoms with Gasteiger partial charge >= 0.3 is 0 Å². The van der Waals surface area contributed by atoms with Gasteiger partial charge in [0.15, 0.2) is 0 Å². The Morgan fingerprint density at radius 3 is 2.50 bits per heavy atom. The van der Waals surface area contributed by atoms with Crippen molar-refractivity contribution in [3.8, 4) is 0 Å². The summed E-state index contributed by atoms with van der Waals surface area (Å²) >= 11 is 0. The molecule has 0 saturated carbocycles. The Kier molecular flexibility index (Phi) is 4.65. The number of hydrogen-bond donors (Lipinski definition) is 0. The molecule has 1 aromatic rings. The molecule has 0 atom stereocenters. The van der Waals surface area contributed by atoms with Crippen molar-refractivity contribution in [1.29, 1.82) is 0 Å². The van der Waals surface area contributed by atoms with Crippen molar-refractivity contribution in [3.05, 3.63) is 29.6 Å². The van der Waals surface area contributed by atoms with E-state index in [4.69, 9.17) is 9.47 Å². The van der Waals surface area contributed by atoms with E-state index in [1.54, 1.807) is 13.2 Å². The summed E-state index contributed by atoms with van der Waals surface area (Å²) in [5, 5.41) is 0.853. The predicted molar refractivity (Wildman–Crippen MR) is 66.0 cm³/mol. The molecule has 0 spiro atoms. The molecule has 0 N–H and O–H groups in total. The molecule has 90 valence electrons. The highest BCUT2D eigenvalue weighted by Gasteiger charge is 2.23. The number of methoxy groups -OCH3 is 1. The molecule has 0 aliphatic heterocycles. The van der Waals surface area contributed by atoms with Crippen LogP contribution in [0, 0.1) is 5.82 Å². The van der Waals surface area contributed by atoms with Crippen LogP contribution in [0.15, 0.2) is 18.2 Å². The van der Waals surface area contributed by atoms with E-state index >= 15 is 0 Å². The summed E-state index contributed by atoms with van der Waals surface area (Å²) in [6, 6.07) is 5.17. The molecule has 1 aromatic carbocycles. The molecule has 0 radical (unpaired) electrons. The fourth-order valence-electron chi connectivity index (χ4n) is 1.76. The number of ether oxygens (including phenoxy) is 2. The van der Waals surface area contributed by atoms with Gasteiger partial charge in [-0.25, -0.2) is 4.39 Å². The van der Waals surface area contributed by atoms with Gasteiger partial charge in [-0.2, -0.15) is 0 Å². The van der Waals surface area contributed by atoms with Gasteiger partial charge in [0.2, 0.25) is 0 Å². The maximum atomic E-state index is 13.8. The second-order valence-corrected chi connectivity index (χ2v) is 9.78. The van der Waals surface area contributed by atoms with Gasteiger partial charge in [0.25, 0.3) is 0 Å². The Labute approximate surface area is 97.4 Å². The lowest BCUT2D eigenvalue weighted by atomic mass is 10.2. The van der Waals surface area contributed by atoms with Crippen LogP contribution in [0.3, 0.4) is 0 Å². The number of halogens is 1. The Morgan fingerprint density at radius 2 is 1.94 bits per heavy atom. The highest BCUT2D eigenvalue weighted by molar-refractivity contribution is 6.89. The molecule has 1 rings (SSSR count). The quantitative estimate of drug-likeness (QED) is 0.449. The van der Waals surface area contributed by atoms with Gasteiger partial charge in [-0.05, 0) is 16.8 Å². The van der Waals surface area contributed by atoms with Gasteiger partial charge in [0, 0.05) is 7.11 Å². The van der Waals surface area contributed by atoms with Crippen LogP contribution in [0.1, 0.15) is 5.56 Å². The standard InChI is InChI=1S/C12H19FO2Si/c1-14-9-15-8-10-6-5-7-11(13)12(10)16(2,3)4/h5-7H,8-9H2,1-4H3. The second kappa shape index (κ2) is 5.57. The molecule has 4 heteroatoms. The smallest absolute Gasteiger partial charge is 0.146 e. The Morgan fingerprint density at radius 1 is 1.25 bits per heavy atom. The van der Waals surface area contributed by atoms with Gasteiger partial charge in [0.05, 0.1) is 14.7 Å². The summed E-state index contributed by atoms with van der Waals surface area (Å²) in [4.78, 5) is 0. The minimum atomic E-state index is -1.68. The van der Waals surface area contributed by atoms with E-state index in [2.05, 4.69) is 19.6 Å². The average Bonchev–Trinajstić information content (AvgIpc) is 2.16. The SMILES string of the molecule is COCOCc1cccc(F)c1[Si](C)(C)C. The van der Waals surface area contributed by atoms with Crippen LogP contribution in [0.5, 0.6) is 0 Å². The Bertz CT molecular complexity index is 347. The van der Waals surface area contributed by atoms with Crippen molar-refractivity contribution < 1.29 is 13.9 Å². The first-order valence-corrected chi connectivity index (χ1v) is 8.81.